The summed E-state index contributed by atoms with van der Waals surface area (Å²) in [6, 6.07) is 17.1. The van der Waals surface area contributed by atoms with Gasteiger partial charge in [-0.3, -0.25) is 4.79 Å². The Balaban J connectivity index is 1.60. The van der Waals surface area contributed by atoms with E-state index in [0.717, 1.165) is 5.56 Å². The van der Waals surface area contributed by atoms with Gasteiger partial charge in [-0.15, -0.1) is 10.2 Å². The zero-order valence-electron chi connectivity index (χ0n) is 15.0. The minimum absolute atomic E-state index is 0.153. The number of nitrogens with zero attached hydrogens (tertiary/aromatic N) is 2. The summed E-state index contributed by atoms with van der Waals surface area (Å²) in [6.45, 7) is 0.553. The van der Waals surface area contributed by atoms with Gasteiger partial charge >= 0.3 is 5.97 Å². The third-order valence-corrected chi connectivity index (χ3v) is 4.08. The Kier molecular flexibility index (Phi) is 6.18. The molecule has 28 heavy (non-hydrogen) atoms. The quantitative estimate of drug-likeness (QED) is 0.616. The number of ether oxygens (including phenoxy) is 1. The van der Waals surface area contributed by atoms with Crippen molar-refractivity contribution in [3.63, 3.8) is 0 Å². The molecule has 2 aromatic carbocycles. The second kappa shape index (κ2) is 8.96. The summed E-state index contributed by atoms with van der Waals surface area (Å²) in [4.78, 5) is 23.9. The minimum Gasteiger partial charge on any atom is -0.465 e. The number of benzene rings is 2. The fraction of sp³-hybridized carbons (Fsp3) is 0.100. The van der Waals surface area contributed by atoms with Crippen molar-refractivity contribution in [2.75, 3.05) is 17.7 Å². The highest BCUT2D eigenvalue weighted by Crippen LogP contribution is 2.14. The zero-order chi connectivity index (χ0) is 19.9. The standard InChI is InChI=1S/C20H17ClN4O3/c1-28-20(27)14-3-2-4-16(11-14)23-19(26)17-9-10-18(25-24-17)22-12-13-5-7-15(21)8-6-13/h2-11H,12H2,1H3,(H,22,25)(H,23,26). The lowest BCUT2D eigenvalue weighted by molar-refractivity contribution is 0.0600. The maximum absolute atomic E-state index is 12.3. The summed E-state index contributed by atoms with van der Waals surface area (Å²) < 4.78 is 4.67. The highest BCUT2D eigenvalue weighted by atomic mass is 35.5. The fourth-order valence-electron chi connectivity index (χ4n) is 2.38. The lowest BCUT2D eigenvalue weighted by Crippen LogP contribution is -2.15. The molecular weight excluding hydrogens is 380 g/mol. The van der Waals surface area contributed by atoms with E-state index < -0.39 is 11.9 Å². The van der Waals surface area contributed by atoms with Crippen molar-refractivity contribution in [2.45, 2.75) is 6.54 Å². The molecule has 8 heteroatoms. The van der Waals surface area contributed by atoms with E-state index in [-0.39, 0.29) is 5.69 Å². The average Bonchev–Trinajstić information content (AvgIpc) is 2.73. The molecule has 2 N–H and O–H groups in total. The number of methoxy groups -OCH3 is 1. The predicted octanol–water partition coefficient (Wildman–Crippen LogP) is 3.78. The topological polar surface area (TPSA) is 93.2 Å². The number of esters is 1. The molecule has 3 aromatic rings. The van der Waals surface area contributed by atoms with Crippen LogP contribution in [-0.4, -0.2) is 29.2 Å². The maximum Gasteiger partial charge on any atom is 0.337 e. The molecule has 1 amide bonds. The second-order valence-electron chi connectivity index (χ2n) is 5.81. The fourth-order valence-corrected chi connectivity index (χ4v) is 2.51. The largest absolute Gasteiger partial charge is 0.465 e. The van der Waals surface area contributed by atoms with Crippen LogP contribution < -0.4 is 10.6 Å². The van der Waals surface area contributed by atoms with Crippen LogP contribution in [0.5, 0.6) is 0 Å². The van der Waals surface area contributed by atoms with Gasteiger partial charge in [0, 0.05) is 17.3 Å². The molecule has 142 valence electrons. The first-order valence-electron chi connectivity index (χ1n) is 8.37. The lowest BCUT2D eigenvalue weighted by Gasteiger charge is -2.08. The van der Waals surface area contributed by atoms with Crippen LogP contribution in [0.4, 0.5) is 11.5 Å². The van der Waals surface area contributed by atoms with E-state index in [9.17, 15) is 9.59 Å². The average molecular weight is 397 g/mol. The number of nitrogens with one attached hydrogen (secondary N) is 2. The maximum atomic E-state index is 12.3. The molecule has 3 rings (SSSR count). The number of amides is 1. The molecule has 0 aliphatic rings. The SMILES string of the molecule is COC(=O)c1cccc(NC(=O)c2ccc(NCc3ccc(Cl)cc3)nn2)c1. The van der Waals surface area contributed by atoms with E-state index in [1.54, 1.807) is 30.3 Å². The van der Waals surface area contributed by atoms with Crippen molar-refractivity contribution < 1.29 is 14.3 Å². The molecule has 0 aliphatic heterocycles. The summed E-state index contributed by atoms with van der Waals surface area (Å²) in [5.41, 5.74) is 1.99. The van der Waals surface area contributed by atoms with Crippen LogP contribution in [-0.2, 0) is 11.3 Å². The molecule has 0 saturated heterocycles. The molecule has 0 bridgehead atoms. The van der Waals surface area contributed by atoms with Gasteiger partial charge in [0.25, 0.3) is 5.91 Å². The second-order valence-corrected chi connectivity index (χ2v) is 6.25. The number of halogens is 1. The van der Waals surface area contributed by atoms with E-state index in [2.05, 4.69) is 25.6 Å². The number of hydrogen-bond donors (Lipinski definition) is 2. The molecule has 1 aromatic heterocycles. The molecule has 0 spiro atoms. The van der Waals surface area contributed by atoms with Gasteiger partial charge in [0.2, 0.25) is 0 Å². The van der Waals surface area contributed by atoms with Crippen LogP contribution >= 0.6 is 11.6 Å². The molecular formula is C20H17ClN4O3. The van der Waals surface area contributed by atoms with Crippen LogP contribution in [0.25, 0.3) is 0 Å². The molecule has 0 saturated carbocycles. The normalized spacial score (nSPS) is 10.2. The molecule has 0 unspecified atom stereocenters. The first kappa shape index (κ1) is 19.3. The Morgan fingerprint density at radius 1 is 1.04 bits per heavy atom. The Labute approximate surface area is 166 Å². The van der Waals surface area contributed by atoms with Crippen LogP contribution in [0, 0.1) is 0 Å². The van der Waals surface area contributed by atoms with Crippen LogP contribution in [0.1, 0.15) is 26.4 Å². The van der Waals surface area contributed by atoms with Gasteiger partial charge in [-0.05, 0) is 48.0 Å². The number of aromatic nitrogens is 2. The Hall–Kier alpha value is -3.45. The molecule has 0 fully saturated rings. The van der Waals surface area contributed by atoms with Gasteiger partial charge in [0.1, 0.15) is 5.82 Å². The molecule has 0 atom stereocenters. The van der Waals surface area contributed by atoms with Crippen molar-refractivity contribution in [1.82, 2.24) is 10.2 Å². The predicted molar refractivity (Wildman–Crippen MR) is 107 cm³/mol. The van der Waals surface area contributed by atoms with Crippen LogP contribution in [0.3, 0.4) is 0 Å². The van der Waals surface area contributed by atoms with Gasteiger partial charge in [0.05, 0.1) is 12.7 Å². The molecule has 0 aliphatic carbocycles. The first-order chi connectivity index (χ1) is 13.5. The monoisotopic (exact) mass is 396 g/mol. The van der Waals surface area contributed by atoms with E-state index >= 15 is 0 Å². The van der Waals surface area contributed by atoms with E-state index in [4.69, 9.17) is 11.6 Å². The van der Waals surface area contributed by atoms with Crippen molar-refractivity contribution in [3.8, 4) is 0 Å². The number of carbonyl (C=O) groups excluding carboxylic acids is 2. The van der Waals surface area contributed by atoms with Crippen LogP contribution in [0.2, 0.25) is 5.02 Å². The van der Waals surface area contributed by atoms with Crippen molar-refractivity contribution >= 4 is 35.0 Å². The summed E-state index contributed by atoms with van der Waals surface area (Å²) in [5, 5.41) is 14.4. The van der Waals surface area contributed by atoms with Crippen molar-refractivity contribution in [1.29, 1.82) is 0 Å². The number of anilines is 2. The van der Waals surface area contributed by atoms with Crippen molar-refractivity contribution in [3.05, 3.63) is 82.5 Å². The summed E-state index contributed by atoms with van der Waals surface area (Å²) in [5.74, 6) is -0.370. The van der Waals surface area contributed by atoms with Gasteiger partial charge < -0.3 is 15.4 Å². The Morgan fingerprint density at radius 3 is 2.50 bits per heavy atom. The van der Waals surface area contributed by atoms with Gasteiger partial charge in [-0.2, -0.15) is 0 Å². The Bertz CT molecular complexity index is 976. The zero-order valence-corrected chi connectivity index (χ0v) is 15.7. The number of carbonyl (C=O) groups is 2. The van der Waals surface area contributed by atoms with Gasteiger partial charge in [-0.1, -0.05) is 29.8 Å². The van der Waals surface area contributed by atoms with E-state index in [1.807, 2.05) is 24.3 Å². The number of hydrogen-bond acceptors (Lipinski definition) is 6. The highest BCUT2D eigenvalue weighted by molar-refractivity contribution is 6.30. The summed E-state index contributed by atoms with van der Waals surface area (Å²) in [7, 11) is 1.30. The third-order valence-electron chi connectivity index (χ3n) is 3.83. The summed E-state index contributed by atoms with van der Waals surface area (Å²) in [6.07, 6.45) is 0. The minimum atomic E-state index is -0.480. The molecule has 7 nitrogen and oxygen atoms in total. The molecule has 0 radical (unpaired) electrons. The highest BCUT2D eigenvalue weighted by Gasteiger charge is 2.11. The first-order valence-corrected chi connectivity index (χ1v) is 8.75. The third kappa shape index (κ3) is 5.05. The summed E-state index contributed by atoms with van der Waals surface area (Å²) >= 11 is 5.86. The smallest absolute Gasteiger partial charge is 0.337 e. The molecule has 1 heterocycles. The lowest BCUT2D eigenvalue weighted by atomic mass is 10.2. The van der Waals surface area contributed by atoms with E-state index in [1.165, 1.54) is 13.2 Å². The number of rotatable bonds is 6. The van der Waals surface area contributed by atoms with Crippen LogP contribution in [0.15, 0.2) is 60.7 Å². The Morgan fingerprint density at radius 2 is 1.82 bits per heavy atom. The van der Waals surface area contributed by atoms with Crippen molar-refractivity contribution in [2.24, 2.45) is 0 Å². The van der Waals surface area contributed by atoms with Gasteiger partial charge in [-0.25, -0.2) is 4.79 Å². The van der Waals surface area contributed by atoms with E-state index in [0.29, 0.717) is 28.6 Å². The van der Waals surface area contributed by atoms with Gasteiger partial charge in [0.15, 0.2) is 5.69 Å².